The molecule has 0 aliphatic rings. The summed E-state index contributed by atoms with van der Waals surface area (Å²) in [6.07, 6.45) is 0.461. The van der Waals surface area contributed by atoms with Crippen LogP contribution in [0.15, 0.2) is 18.2 Å². The van der Waals surface area contributed by atoms with Gasteiger partial charge in [0.05, 0.1) is 12.1 Å². The van der Waals surface area contributed by atoms with E-state index >= 15 is 0 Å². The number of aromatic hydroxyl groups is 1. The van der Waals surface area contributed by atoms with Crippen LogP contribution in [0.4, 0.5) is 0 Å². The highest BCUT2D eigenvalue weighted by Gasteiger charge is 2.17. The highest BCUT2D eigenvalue weighted by Crippen LogP contribution is 2.24. The molecule has 5 heteroatoms. The zero-order valence-electron chi connectivity index (χ0n) is 9.16. The van der Waals surface area contributed by atoms with Crippen LogP contribution in [0.5, 0.6) is 5.75 Å². The quantitative estimate of drug-likeness (QED) is 0.784. The van der Waals surface area contributed by atoms with Crippen molar-refractivity contribution < 1.29 is 14.6 Å². The van der Waals surface area contributed by atoms with Crippen molar-refractivity contribution in [2.75, 3.05) is 14.2 Å². The van der Waals surface area contributed by atoms with E-state index in [1.54, 1.807) is 19.2 Å². The average molecular weight is 244 g/mol. The molecule has 88 valence electrons. The number of benzene rings is 1. The number of nitrogens with one attached hydrogen (secondary N) is 1. The van der Waals surface area contributed by atoms with Crippen molar-refractivity contribution in [1.82, 2.24) is 5.32 Å². The molecule has 16 heavy (non-hydrogen) atoms. The van der Waals surface area contributed by atoms with Gasteiger partial charge in [-0.15, -0.1) is 0 Å². The Hall–Kier alpha value is -1.26. The van der Waals surface area contributed by atoms with Gasteiger partial charge >= 0.3 is 5.97 Å². The van der Waals surface area contributed by atoms with Gasteiger partial charge in [0.1, 0.15) is 11.8 Å². The van der Waals surface area contributed by atoms with Gasteiger partial charge in [0.25, 0.3) is 0 Å². The summed E-state index contributed by atoms with van der Waals surface area (Å²) >= 11 is 5.77. The van der Waals surface area contributed by atoms with Crippen molar-refractivity contribution in [3.63, 3.8) is 0 Å². The third kappa shape index (κ3) is 3.12. The second kappa shape index (κ2) is 5.72. The second-order valence-corrected chi connectivity index (χ2v) is 3.76. The minimum Gasteiger partial charge on any atom is -0.506 e. The lowest BCUT2D eigenvalue weighted by atomic mass is 10.1. The molecule has 0 aliphatic heterocycles. The number of carbonyl (C=O) groups is 1. The number of esters is 1. The fraction of sp³-hybridized carbons (Fsp3) is 0.364. The minimum atomic E-state index is -0.411. The Morgan fingerprint density at radius 3 is 2.81 bits per heavy atom. The smallest absolute Gasteiger partial charge is 0.323 e. The predicted octanol–water partition coefficient (Wildman–Crippen LogP) is 1.35. The van der Waals surface area contributed by atoms with Gasteiger partial charge < -0.3 is 15.2 Å². The lowest BCUT2D eigenvalue weighted by molar-refractivity contribution is -0.142. The first-order valence-corrected chi connectivity index (χ1v) is 5.18. The van der Waals surface area contributed by atoms with E-state index in [2.05, 4.69) is 10.1 Å². The van der Waals surface area contributed by atoms with Gasteiger partial charge in [0, 0.05) is 0 Å². The molecule has 0 aromatic heterocycles. The number of hydrogen-bond acceptors (Lipinski definition) is 4. The van der Waals surface area contributed by atoms with E-state index < -0.39 is 6.04 Å². The molecule has 1 rings (SSSR count). The van der Waals surface area contributed by atoms with E-state index in [4.69, 9.17) is 11.6 Å². The first kappa shape index (κ1) is 12.8. The van der Waals surface area contributed by atoms with E-state index in [9.17, 15) is 9.90 Å². The Kier molecular flexibility index (Phi) is 4.58. The molecule has 0 radical (unpaired) electrons. The second-order valence-electron chi connectivity index (χ2n) is 3.35. The van der Waals surface area contributed by atoms with Crippen LogP contribution in [0.3, 0.4) is 0 Å². The van der Waals surface area contributed by atoms with E-state index in [-0.39, 0.29) is 16.7 Å². The standard InChI is InChI=1S/C11H14ClNO3/c1-13-9(11(15)16-2)6-7-3-4-10(14)8(12)5-7/h3-5,9,13-14H,6H2,1-2H3/t9-/m0/s1. The number of hydrogen-bond donors (Lipinski definition) is 2. The van der Waals surface area contributed by atoms with Gasteiger partial charge in [-0.1, -0.05) is 17.7 Å². The molecule has 0 bridgehead atoms. The Bertz CT molecular complexity index is 381. The Morgan fingerprint density at radius 1 is 1.62 bits per heavy atom. The highest BCUT2D eigenvalue weighted by atomic mass is 35.5. The molecule has 0 heterocycles. The van der Waals surface area contributed by atoms with Crippen LogP contribution in [-0.2, 0) is 16.0 Å². The molecule has 1 aromatic rings. The number of carbonyl (C=O) groups excluding carboxylic acids is 1. The number of likely N-dealkylation sites (N-methyl/N-ethyl adjacent to an activating group) is 1. The monoisotopic (exact) mass is 243 g/mol. The average Bonchev–Trinajstić information content (AvgIpc) is 2.29. The maximum atomic E-state index is 11.3. The van der Waals surface area contributed by atoms with Crippen LogP contribution < -0.4 is 5.32 Å². The Morgan fingerprint density at radius 2 is 2.31 bits per heavy atom. The number of halogens is 1. The lowest BCUT2D eigenvalue weighted by Crippen LogP contribution is -2.36. The van der Waals surface area contributed by atoms with E-state index in [0.29, 0.717) is 6.42 Å². The number of ether oxygens (including phenoxy) is 1. The fourth-order valence-corrected chi connectivity index (χ4v) is 1.56. The molecule has 0 unspecified atom stereocenters. The van der Waals surface area contributed by atoms with Crippen LogP contribution in [0.1, 0.15) is 5.56 Å². The van der Waals surface area contributed by atoms with Crippen LogP contribution in [0.2, 0.25) is 5.02 Å². The van der Waals surface area contributed by atoms with Crippen LogP contribution in [0, 0.1) is 0 Å². The van der Waals surface area contributed by atoms with E-state index in [1.807, 2.05) is 0 Å². The SMILES string of the molecule is CN[C@@H](Cc1ccc(O)c(Cl)c1)C(=O)OC. The van der Waals surface area contributed by atoms with Crippen molar-refractivity contribution >= 4 is 17.6 Å². The molecule has 4 nitrogen and oxygen atoms in total. The molecule has 0 fully saturated rings. The number of rotatable bonds is 4. The lowest BCUT2D eigenvalue weighted by Gasteiger charge is -2.13. The first-order valence-electron chi connectivity index (χ1n) is 4.81. The van der Waals surface area contributed by atoms with Gasteiger partial charge in [0.15, 0.2) is 0 Å². The van der Waals surface area contributed by atoms with Crippen molar-refractivity contribution in [2.45, 2.75) is 12.5 Å². The number of methoxy groups -OCH3 is 1. The highest BCUT2D eigenvalue weighted by molar-refractivity contribution is 6.32. The Balaban J connectivity index is 2.78. The molecule has 0 spiro atoms. The van der Waals surface area contributed by atoms with Gasteiger partial charge in [-0.25, -0.2) is 0 Å². The van der Waals surface area contributed by atoms with Crippen molar-refractivity contribution in [3.8, 4) is 5.75 Å². The summed E-state index contributed by atoms with van der Waals surface area (Å²) in [5.41, 5.74) is 0.854. The van der Waals surface area contributed by atoms with Crippen LogP contribution in [0.25, 0.3) is 0 Å². The molecule has 1 atom stereocenters. The zero-order valence-corrected chi connectivity index (χ0v) is 9.91. The number of phenols is 1. The summed E-state index contributed by atoms with van der Waals surface area (Å²) in [5.74, 6) is -0.295. The minimum absolute atomic E-state index is 0.0319. The molecule has 2 N–H and O–H groups in total. The topological polar surface area (TPSA) is 58.6 Å². The first-order chi connectivity index (χ1) is 7.58. The van der Waals surface area contributed by atoms with Gasteiger partial charge in [-0.05, 0) is 31.2 Å². The summed E-state index contributed by atoms with van der Waals surface area (Å²) in [4.78, 5) is 11.3. The summed E-state index contributed by atoms with van der Waals surface area (Å²) in [7, 11) is 3.03. The summed E-state index contributed by atoms with van der Waals surface area (Å²) in [6.45, 7) is 0. The van der Waals surface area contributed by atoms with Crippen molar-refractivity contribution in [3.05, 3.63) is 28.8 Å². The largest absolute Gasteiger partial charge is 0.506 e. The molecular weight excluding hydrogens is 230 g/mol. The van der Waals surface area contributed by atoms with Gasteiger partial charge in [0.2, 0.25) is 0 Å². The van der Waals surface area contributed by atoms with Crippen molar-refractivity contribution in [2.24, 2.45) is 0 Å². The summed E-state index contributed by atoms with van der Waals surface area (Å²) in [5, 5.41) is 12.4. The molecule has 0 amide bonds. The number of phenolic OH excluding ortho intramolecular Hbond substituents is 1. The molecule has 1 aromatic carbocycles. The zero-order chi connectivity index (χ0) is 12.1. The van der Waals surface area contributed by atoms with Crippen LogP contribution in [-0.4, -0.2) is 31.3 Å². The van der Waals surface area contributed by atoms with Gasteiger partial charge in [-0.2, -0.15) is 0 Å². The molecule has 0 saturated heterocycles. The molecule has 0 saturated carbocycles. The third-order valence-corrected chi connectivity index (χ3v) is 2.59. The van der Waals surface area contributed by atoms with Crippen molar-refractivity contribution in [1.29, 1.82) is 0 Å². The molecular formula is C11H14ClNO3. The molecule has 0 aliphatic carbocycles. The Labute approximate surface area is 99.2 Å². The van der Waals surface area contributed by atoms with E-state index in [0.717, 1.165) is 5.56 Å². The summed E-state index contributed by atoms with van der Waals surface area (Å²) in [6, 6.07) is 4.44. The predicted molar refractivity (Wildman–Crippen MR) is 61.7 cm³/mol. The third-order valence-electron chi connectivity index (χ3n) is 2.29. The van der Waals surface area contributed by atoms with Gasteiger partial charge in [-0.3, -0.25) is 4.79 Å². The van der Waals surface area contributed by atoms with E-state index in [1.165, 1.54) is 13.2 Å². The normalized spacial score (nSPS) is 12.2. The maximum Gasteiger partial charge on any atom is 0.323 e. The van der Waals surface area contributed by atoms with Crippen LogP contribution >= 0.6 is 11.6 Å². The maximum absolute atomic E-state index is 11.3. The fourth-order valence-electron chi connectivity index (χ4n) is 1.36. The summed E-state index contributed by atoms with van der Waals surface area (Å²) < 4.78 is 4.65.